The smallest absolute Gasteiger partial charge is 0.339 e. The monoisotopic (exact) mass is 284 g/mol. The first-order valence-electron chi connectivity index (χ1n) is 6.81. The minimum Gasteiger partial charge on any atom is -0.478 e. The Bertz CT molecular complexity index is 660. The largest absolute Gasteiger partial charge is 0.478 e. The predicted octanol–water partition coefficient (Wildman–Crippen LogP) is 3.63. The van der Waals surface area contributed by atoms with Crippen molar-refractivity contribution in [1.82, 2.24) is 4.98 Å². The van der Waals surface area contributed by atoms with E-state index in [4.69, 9.17) is 10.8 Å². The van der Waals surface area contributed by atoms with Crippen molar-refractivity contribution < 1.29 is 9.90 Å². The number of nitrogens with two attached hydrogens (primary N) is 1. The Hall–Kier alpha value is -2.36. The van der Waals surface area contributed by atoms with E-state index in [1.54, 1.807) is 13.0 Å². The van der Waals surface area contributed by atoms with E-state index in [1.807, 2.05) is 12.1 Å². The van der Waals surface area contributed by atoms with Crippen LogP contribution in [0.5, 0.6) is 0 Å². The molecule has 110 valence electrons. The van der Waals surface area contributed by atoms with E-state index in [9.17, 15) is 4.79 Å². The van der Waals surface area contributed by atoms with Gasteiger partial charge in [0.15, 0.2) is 0 Å². The lowest BCUT2D eigenvalue weighted by molar-refractivity contribution is 0.0697. The summed E-state index contributed by atoms with van der Waals surface area (Å²) < 4.78 is 0. The van der Waals surface area contributed by atoms with Gasteiger partial charge in [-0.2, -0.15) is 0 Å². The number of nitrogens with zero attached hydrogens (tertiary/aromatic N) is 1. The highest BCUT2D eigenvalue weighted by molar-refractivity contribution is 5.95. The first-order chi connectivity index (χ1) is 9.70. The molecule has 0 fully saturated rings. The van der Waals surface area contributed by atoms with Crippen molar-refractivity contribution in [2.75, 3.05) is 5.73 Å². The first kappa shape index (κ1) is 15.0. The third-order valence-electron chi connectivity index (χ3n) is 3.49. The van der Waals surface area contributed by atoms with Gasteiger partial charge in [-0.15, -0.1) is 0 Å². The van der Waals surface area contributed by atoms with Crippen molar-refractivity contribution in [2.45, 2.75) is 33.1 Å². The molecular formula is C17H20N2O2. The number of carbonyl (C=O) groups is 1. The number of aromatic carboxylic acids is 1. The standard InChI is InChI=1S/C17H20N2O2/c1-10-15(16(20)21)13(18)9-14(19-10)11-5-7-12(8-6-11)17(2,3)4/h5-9H,1-4H3,(H2,18,19)(H,20,21). The second kappa shape index (κ2) is 5.20. The van der Waals surface area contributed by atoms with Gasteiger partial charge < -0.3 is 10.8 Å². The molecule has 0 amide bonds. The number of hydrogen-bond donors (Lipinski definition) is 2. The van der Waals surface area contributed by atoms with Gasteiger partial charge in [-0.3, -0.25) is 4.98 Å². The van der Waals surface area contributed by atoms with Crippen molar-refractivity contribution >= 4 is 11.7 Å². The lowest BCUT2D eigenvalue weighted by atomic mass is 9.86. The molecule has 4 heteroatoms. The maximum Gasteiger partial charge on any atom is 0.339 e. The number of aromatic nitrogens is 1. The zero-order valence-corrected chi connectivity index (χ0v) is 12.8. The van der Waals surface area contributed by atoms with Crippen LogP contribution in [0, 0.1) is 6.92 Å². The molecule has 0 bridgehead atoms. The summed E-state index contributed by atoms with van der Waals surface area (Å²) in [5, 5.41) is 9.11. The molecular weight excluding hydrogens is 264 g/mol. The number of benzene rings is 1. The van der Waals surface area contributed by atoms with E-state index in [0.29, 0.717) is 11.4 Å². The Morgan fingerprint density at radius 1 is 1.19 bits per heavy atom. The zero-order valence-electron chi connectivity index (χ0n) is 12.8. The molecule has 0 saturated carbocycles. The highest BCUT2D eigenvalue weighted by Crippen LogP contribution is 2.27. The molecule has 3 N–H and O–H groups in total. The topological polar surface area (TPSA) is 76.2 Å². The second-order valence-electron chi connectivity index (χ2n) is 6.19. The summed E-state index contributed by atoms with van der Waals surface area (Å²) in [4.78, 5) is 15.5. The minimum atomic E-state index is -1.05. The van der Waals surface area contributed by atoms with E-state index in [2.05, 4.69) is 37.9 Å². The number of aryl methyl sites for hydroxylation is 1. The molecule has 0 aliphatic rings. The molecule has 2 rings (SSSR count). The van der Waals surface area contributed by atoms with Crippen LogP contribution >= 0.6 is 0 Å². The molecule has 0 saturated heterocycles. The zero-order chi connectivity index (χ0) is 15.8. The van der Waals surface area contributed by atoms with Gasteiger partial charge in [-0.1, -0.05) is 45.0 Å². The Morgan fingerprint density at radius 3 is 2.19 bits per heavy atom. The molecule has 2 aromatic rings. The maximum absolute atomic E-state index is 11.1. The van der Waals surface area contributed by atoms with Crippen LogP contribution in [0.25, 0.3) is 11.3 Å². The molecule has 1 heterocycles. The lowest BCUT2D eigenvalue weighted by Gasteiger charge is -2.19. The van der Waals surface area contributed by atoms with Gasteiger partial charge in [0.05, 0.1) is 17.1 Å². The number of nitrogen functional groups attached to an aromatic ring is 1. The summed E-state index contributed by atoms with van der Waals surface area (Å²) >= 11 is 0. The van der Waals surface area contributed by atoms with Crippen LogP contribution in [0.4, 0.5) is 5.69 Å². The predicted molar refractivity (Wildman–Crippen MR) is 84.5 cm³/mol. The fraction of sp³-hybridized carbons (Fsp3) is 0.294. The van der Waals surface area contributed by atoms with E-state index in [-0.39, 0.29) is 16.7 Å². The lowest BCUT2D eigenvalue weighted by Crippen LogP contribution is -2.10. The SMILES string of the molecule is Cc1nc(-c2ccc(C(C)(C)C)cc2)cc(N)c1C(=O)O. The second-order valence-corrected chi connectivity index (χ2v) is 6.19. The molecule has 0 unspecified atom stereocenters. The van der Waals surface area contributed by atoms with Crippen LogP contribution < -0.4 is 5.73 Å². The molecule has 0 aliphatic carbocycles. The molecule has 0 spiro atoms. The Labute approximate surface area is 124 Å². The summed E-state index contributed by atoms with van der Waals surface area (Å²) in [5.74, 6) is -1.05. The van der Waals surface area contributed by atoms with Gasteiger partial charge in [0.2, 0.25) is 0 Å². The van der Waals surface area contributed by atoms with Gasteiger partial charge in [0, 0.05) is 5.56 Å². The van der Waals surface area contributed by atoms with Crippen LogP contribution in [0.1, 0.15) is 42.4 Å². The Balaban J connectivity index is 2.46. The van der Waals surface area contributed by atoms with E-state index in [1.165, 1.54) is 5.56 Å². The molecule has 0 atom stereocenters. The van der Waals surface area contributed by atoms with E-state index in [0.717, 1.165) is 5.56 Å². The molecule has 4 nitrogen and oxygen atoms in total. The fourth-order valence-corrected chi connectivity index (χ4v) is 2.26. The summed E-state index contributed by atoms with van der Waals surface area (Å²) in [7, 11) is 0. The number of rotatable bonds is 2. The minimum absolute atomic E-state index is 0.0741. The maximum atomic E-state index is 11.1. The molecule has 1 aromatic carbocycles. The van der Waals surface area contributed by atoms with Crippen molar-refractivity contribution in [1.29, 1.82) is 0 Å². The highest BCUT2D eigenvalue weighted by Gasteiger charge is 2.16. The molecule has 1 aromatic heterocycles. The van der Waals surface area contributed by atoms with Crippen LogP contribution in [0.3, 0.4) is 0 Å². The van der Waals surface area contributed by atoms with Crippen LogP contribution in [-0.4, -0.2) is 16.1 Å². The average Bonchev–Trinajstić information content (AvgIpc) is 2.36. The molecule has 0 radical (unpaired) electrons. The summed E-state index contributed by atoms with van der Waals surface area (Å²) in [6, 6.07) is 9.72. The quantitative estimate of drug-likeness (QED) is 0.882. The number of pyridine rings is 1. The van der Waals surface area contributed by atoms with Gasteiger partial charge in [-0.25, -0.2) is 4.79 Å². The Morgan fingerprint density at radius 2 is 1.76 bits per heavy atom. The number of carboxylic acid groups (broad SMARTS) is 1. The Kier molecular flexibility index (Phi) is 3.73. The third kappa shape index (κ3) is 3.05. The van der Waals surface area contributed by atoms with Crippen molar-refractivity contribution in [3.63, 3.8) is 0 Å². The fourth-order valence-electron chi connectivity index (χ4n) is 2.26. The van der Waals surface area contributed by atoms with Crippen molar-refractivity contribution in [3.05, 3.63) is 47.2 Å². The first-order valence-corrected chi connectivity index (χ1v) is 6.81. The highest BCUT2D eigenvalue weighted by atomic mass is 16.4. The summed E-state index contributed by atoms with van der Waals surface area (Å²) in [6.07, 6.45) is 0. The molecule has 0 aliphatic heterocycles. The van der Waals surface area contributed by atoms with Gasteiger partial charge >= 0.3 is 5.97 Å². The number of carboxylic acids is 1. The van der Waals surface area contributed by atoms with Crippen LogP contribution in [0.2, 0.25) is 0 Å². The van der Waals surface area contributed by atoms with Crippen LogP contribution in [0.15, 0.2) is 30.3 Å². The van der Waals surface area contributed by atoms with Crippen LogP contribution in [-0.2, 0) is 5.41 Å². The van der Waals surface area contributed by atoms with Crippen molar-refractivity contribution in [3.8, 4) is 11.3 Å². The van der Waals surface area contributed by atoms with E-state index < -0.39 is 5.97 Å². The van der Waals surface area contributed by atoms with Gasteiger partial charge in [-0.05, 0) is 24.0 Å². The average molecular weight is 284 g/mol. The van der Waals surface area contributed by atoms with Gasteiger partial charge in [0.25, 0.3) is 0 Å². The van der Waals surface area contributed by atoms with E-state index >= 15 is 0 Å². The molecule has 21 heavy (non-hydrogen) atoms. The van der Waals surface area contributed by atoms with Crippen molar-refractivity contribution in [2.24, 2.45) is 0 Å². The third-order valence-corrected chi connectivity index (χ3v) is 3.49. The summed E-state index contributed by atoms with van der Waals surface area (Å²) in [5.41, 5.74) is 9.52. The number of anilines is 1. The van der Waals surface area contributed by atoms with Gasteiger partial charge in [0.1, 0.15) is 5.56 Å². The normalized spacial score (nSPS) is 11.4. The summed E-state index contributed by atoms with van der Waals surface area (Å²) in [6.45, 7) is 8.13. The number of hydrogen-bond acceptors (Lipinski definition) is 3.